The van der Waals surface area contributed by atoms with Gasteiger partial charge < -0.3 is 15.5 Å². The van der Waals surface area contributed by atoms with Gasteiger partial charge in [-0.15, -0.1) is 24.0 Å². The minimum Gasteiger partial charge on any atom is -0.355 e. The van der Waals surface area contributed by atoms with Crippen molar-refractivity contribution in [2.45, 2.75) is 25.9 Å². The summed E-state index contributed by atoms with van der Waals surface area (Å²) in [6.45, 7) is 4.47. The van der Waals surface area contributed by atoms with Crippen LogP contribution in [-0.2, 0) is 16.6 Å². The Kier molecular flexibility index (Phi) is 10.3. The number of hydrogen-bond acceptors (Lipinski definition) is 4. The SMILES string of the molecule is CN=C(NCc1ccc(C(=O)N(C)C)cc1)NCC(C)(C)NS(C)(=O)=O.I. The first-order valence-electron chi connectivity index (χ1n) is 8.17. The average molecular weight is 511 g/mol. The zero-order valence-electron chi connectivity index (χ0n) is 16.7. The molecule has 10 heteroatoms. The van der Waals surface area contributed by atoms with E-state index >= 15 is 0 Å². The van der Waals surface area contributed by atoms with Gasteiger partial charge in [-0.3, -0.25) is 9.79 Å². The maximum atomic E-state index is 11.9. The van der Waals surface area contributed by atoms with Crippen molar-refractivity contribution in [1.82, 2.24) is 20.3 Å². The molecule has 0 unspecified atom stereocenters. The van der Waals surface area contributed by atoms with Crippen LogP contribution in [0.3, 0.4) is 0 Å². The van der Waals surface area contributed by atoms with Crippen molar-refractivity contribution >= 4 is 45.9 Å². The molecule has 0 aromatic heterocycles. The smallest absolute Gasteiger partial charge is 0.253 e. The summed E-state index contributed by atoms with van der Waals surface area (Å²) in [6.07, 6.45) is 1.13. The summed E-state index contributed by atoms with van der Waals surface area (Å²) >= 11 is 0. The summed E-state index contributed by atoms with van der Waals surface area (Å²) < 4.78 is 25.3. The molecule has 0 fully saturated rings. The van der Waals surface area contributed by atoms with E-state index in [1.54, 1.807) is 47.1 Å². The van der Waals surface area contributed by atoms with E-state index < -0.39 is 15.6 Å². The average Bonchev–Trinajstić information content (AvgIpc) is 2.52. The highest BCUT2D eigenvalue weighted by molar-refractivity contribution is 14.0. The molecule has 154 valence electrons. The molecule has 0 aliphatic rings. The fourth-order valence-corrected chi connectivity index (χ4v) is 3.35. The number of benzene rings is 1. The van der Waals surface area contributed by atoms with Gasteiger partial charge in [0.1, 0.15) is 0 Å². The Hall–Kier alpha value is -1.40. The molecule has 3 N–H and O–H groups in total. The number of nitrogens with zero attached hydrogens (tertiary/aromatic N) is 2. The third-order valence-electron chi connectivity index (χ3n) is 3.45. The molecule has 1 aromatic carbocycles. The lowest BCUT2D eigenvalue weighted by Crippen LogP contribution is -2.52. The summed E-state index contributed by atoms with van der Waals surface area (Å²) in [5, 5.41) is 6.26. The van der Waals surface area contributed by atoms with Crippen LogP contribution >= 0.6 is 24.0 Å². The van der Waals surface area contributed by atoms with Gasteiger partial charge in [-0.1, -0.05) is 12.1 Å². The highest BCUT2D eigenvalue weighted by Crippen LogP contribution is 2.06. The van der Waals surface area contributed by atoms with Crippen LogP contribution in [-0.4, -0.2) is 64.7 Å². The molecule has 0 heterocycles. The number of nitrogens with one attached hydrogen (secondary N) is 3. The van der Waals surface area contributed by atoms with Gasteiger partial charge in [0.05, 0.1) is 6.26 Å². The molecule has 27 heavy (non-hydrogen) atoms. The number of halogens is 1. The van der Waals surface area contributed by atoms with Crippen LogP contribution in [0.1, 0.15) is 29.8 Å². The Labute approximate surface area is 179 Å². The lowest BCUT2D eigenvalue weighted by atomic mass is 10.1. The van der Waals surface area contributed by atoms with E-state index in [9.17, 15) is 13.2 Å². The maximum absolute atomic E-state index is 11.9. The minimum absolute atomic E-state index is 0. The van der Waals surface area contributed by atoms with Crippen LogP contribution < -0.4 is 15.4 Å². The Morgan fingerprint density at radius 2 is 1.70 bits per heavy atom. The summed E-state index contributed by atoms with van der Waals surface area (Å²) in [5.74, 6) is 0.518. The number of rotatable bonds is 7. The van der Waals surface area contributed by atoms with Gasteiger partial charge in [-0.05, 0) is 31.5 Å². The van der Waals surface area contributed by atoms with E-state index in [1.807, 2.05) is 12.1 Å². The molecule has 0 atom stereocenters. The lowest BCUT2D eigenvalue weighted by Gasteiger charge is -2.26. The zero-order valence-corrected chi connectivity index (χ0v) is 19.8. The van der Waals surface area contributed by atoms with Gasteiger partial charge in [0, 0.05) is 45.3 Å². The Morgan fingerprint density at radius 3 is 2.15 bits per heavy atom. The first kappa shape index (κ1) is 25.6. The van der Waals surface area contributed by atoms with Gasteiger partial charge in [-0.2, -0.15) is 0 Å². The van der Waals surface area contributed by atoms with Crippen molar-refractivity contribution in [2.24, 2.45) is 4.99 Å². The van der Waals surface area contributed by atoms with Gasteiger partial charge in [0.25, 0.3) is 5.91 Å². The summed E-state index contributed by atoms with van der Waals surface area (Å²) in [7, 11) is 1.79. The number of aliphatic imine (C=N–C) groups is 1. The molecule has 0 radical (unpaired) electrons. The molecule has 0 saturated carbocycles. The molecule has 0 aliphatic carbocycles. The van der Waals surface area contributed by atoms with Crippen LogP contribution in [0.15, 0.2) is 29.3 Å². The Morgan fingerprint density at radius 1 is 1.15 bits per heavy atom. The second kappa shape index (κ2) is 10.8. The van der Waals surface area contributed by atoms with E-state index in [0.717, 1.165) is 11.8 Å². The van der Waals surface area contributed by atoms with Gasteiger partial charge >= 0.3 is 0 Å². The lowest BCUT2D eigenvalue weighted by molar-refractivity contribution is 0.0827. The molecule has 0 spiro atoms. The predicted molar refractivity (Wildman–Crippen MR) is 120 cm³/mol. The topological polar surface area (TPSA) is 103 Å². The monoisotopic (exact) mass is 511 g/mol. The van der Waals surface area contributed by atoms with Gasteiger partial charge in [0.15, 0.2) is 5.96 Å². The number of sulfonamides is 1. The van der Waals surface area contributed by atoms with E-state index in [1.165, 1.54) is 4.90 Å². The van der Waals surface area contributed by atoms with Crippen molar-refractivity contribution in [2.75, 3.05) is 33.9 Å². The van der Waals surface area contributed by atoms with Crippen molar-refractivity contribution in [1.29, 1.82) is 0 Å². The number of carbonyl (C=O) groups is 1. The Bertz CT molecular complexity index is 746. The van der Waals surface area contributed by atoms with Gasteiger partial charge in [0.2, 0.25) is 10.0 Å². The van der Waals surface area contributed by atoms with E-state index in [0.29, 0.717) is 24.6 Å². The molecule has 0 aliphatic heterocycles. The van der Waals surface area contributed by atoms with Gasteiger partial charge in [-0.25, -0.2) is 13.1 Å². The molecular formula is C17H30IN5O3S. The summed E-state index contributed by atoms with van der Waals surface area (Å²) in [6, 6.07) is 7.33. The molecule has 0 bridgehead atoms. The highest BCUT2D eigenvalue weighted by atomic mass is 127. The molecular weight excluding hydrogens is 481 g/mol. The zero-order chi connectivity index (χ0) is 20.0. The molecule has 1 rings (SSSR count). The van der Waals surface area contributed by atoms with Crippen molar-refractivity contribution < 1.29 is 13.2 Å². The normalized spacial score (nSPS) is 12.1. The highest BCUT2D eigenvalue weighted by Gasteiger charge is 2.22. The second-order valence-corrected chi connectivity index (χ2v) is 8.68. The molecule has 1 amide bonds. The fourth-order valence-electron chi connectivity index (χ4n) is 2.27. The van der Waals surface area contributed by atoms with Crippen LogP contribution in [0.4, 0.5) is 0 Å². The first-order valence-corrected chi connectivity index (χ1v) is 10.1. The van der Waals surface area contributed by atoms with Crippen molar-refractivity contribution in [3.63, 3.8) is 0 Å². The van der Waals surface area contributed by atoms with E-state index in [2.05, 4.69) is 20.3 Å². The Balaban J connectivity index is 0.00000676. The largest absolute Gasteiger partial charge is 0.355 e. The molecule has 8 nitrogen and oxygen atoms in total. The van der Waals surface area contributed by atoms with Crippen molar-refractivity contribution in [3.8, 4) is 0 Å². The second-order valence-electron chi connectivity index (χ2n) is 6.93. The molecule has 1 aromatic rings. The van der Waals surface area contributed by atoms with Crippen LogP contribution in [0, 0.1) is 0 Å². The fraction of sp³-hybridized carbons (Fsp3) is 0.529. The number of hydrogen-bond donors (Lipinski definition) is 3. The summed E-state index contributed by atoms with van der Waals surface area (Å²) in [4.78, 5) is 17.5. The van der Waals surface area contributed by atoms with E-state index in [4.69, 9.17) is 0 Å². The minimum atomic E-state index is -3.29. The number of amides is 1. The third-order valence-corrected chi connectivity index (χ3v) is 4.37. The maximum Gasteiger partial charge on any atom is 0.253 e. The number of carbonyl (C=O) groups excluding carboxylic acids is 1. The predicted octanol–water partition coefficient (Wildman–Crippen LogP) is 0.999. The van der Waals surface area contributed by atoms with Crippen LogP contribution in [0.5, 0.6) is 0 Å². The van der Waals surface area contributed by atoms with Crippen LogP contribution in [0.25, 0.3) is 0 Å². The standard InChI is InChI=1S/C17H29N5O3S.HI/c1-17(2,21-26(6,24)25)12-20-16(18-3)19-11-13-7-9-14(10-8-13)15(23)22(4)5;/h7-10,21H,11-12H2,1-6H3,(H2,18,19,20);1H. The van der Waals surface area contributed by atoms with Crippen molar-refractivity contribution in [3.05, 3.63) is 35.4 Å². The summed E-state index contributed by atoms with van der Waals surface area (Å²) in [5.41, 5.74) is 0.978. The van der Waals surface area contributed by atoms with E-state index in [-0.39, 0.29) is 29.9 Å². The third kappa shape index (κ3) is 9.91. The van der Waals surface area contributed by atoms with Crippen LogP contribution in [0.2, 0.25) is 0 Å². The quantitative estimate of drug-likeness (QED) is 0.288. The first-order chi connectivity index (χ1) is 11.9. The number of guanidine groups is 1. The molecule has 0 saturated heterocycles.